The minimum atomic E-state index is -0.992. The van der Waals surface area contributed by atoms with Crippen molar-refractivity contribution >= 4 is 23.7 Å². The third kappa shape index (κ3) is 3.63. The van der Waals surface area contributed by atoms with Crippen molar-refractivity contribution in [3.63, 3.8) is 0 Å². The Labute approximate surface area is 90.9 Å². The molecule has 0 aromatic heterocycles. The first-order chi connectivity index (χ1) is 7.11. The van der Waals surface area contributed by atoms with Gasteiger partial charge in [-0.1, -0.05) is 12.1 Å². The highest BCUT2D eigenvalue weighted by Crippen LogP contribution is 2.23. The summed E-state index contributed by atoms with van der Waals surface area (Å²) in [4.78, 5) is 21.7. The minimum absolute atomic E-state index is 0.0264. The minimum Gasteiger partial charge on any atom is -0.481 e. The van der Waals surface area contributed by atoms with Gasteiger partial charge in [0.1, 0.15) is 0 Å². The summed E-state index contributed by atoms with van der Waals surface area (Å²) in [5.74, 6) is -1.50. The van der Waals surface area contributed by atoms with Crippen LogP contribution in [0.1, 0.15) is 16.8 Å². The summed E-state index contributed by atoms with van der Waals surface area (Å²) in [5, 5.41) is 17.3. The molecule has 0 radical (unpaired) electrons. The molecule has 0 bridgehead atoms. The molecule has 0 amide bonds. The Morgan fingerprint density at radius 2 is 1.87 bits per heavy atom. The van der Waals surface area contributed by atoms with E-state index in [0.29, 0.717) is 10.6 Å². The Morgan fingerprint density at radius 1 is 1.20 bits per heavy atom. The van der Waals surface area contributed by atoms with E-state index in [9.17, 15) is 9.59 Å². The lowest BCUT2D eigenvalue weighted by Gasteiger charge is -2.03. The molecule has 0 heterocycles. The third-order valence-corrected chi connectivity index (χ3v) is 2.77. The van der Waals surface area contributed by atoms with Crippen molar-refractivity contribution in [1.82, 2.24) is 0 Å². The third-order valence-electron chi connectivity index (χ3n) is 1.69. The van der Waals surface area contributed by atoms with E-state index < -0.39 is 11.9 Å². The van der Waals surface area contributed by atoms with Crippen LogP contribution in [-0.4, -0.2) is 27.9 Å². The Balaban J connectivity index is 2.67. The summed E-state index contributed by atoms with van der Waals surface area (Å²) in [6.07, 6.45) is 0.0264. The van der Waals surface area contributed by atoms with Crippen molar-refractivity contribution in [2.24, 2.45) is 0 Å². The fourth-order valence-corrected chi connectivity index (χ4v) is 2.00. The lowest BCUT2D eigenvalue weighted by atomic mass is 10.2. The Kier molecular flexibility index (Phi) is 4.17. The monoisotopic (exact) mass is 226 g/mol. The van der Waals surface area contributed by atoms with E-state index in [1.807, 2.05) is 0 Å². The quantitative estimate of drug-likeness (QED) is 0.750. The lowest BCUT2D eigenvalue weighted by molar-refractivity contribution is -0.136. The van der Waals surface area contributed by atoms with Gasteiger partial charge in [-0.2, -0.15) is 0 Å². The van der Waals surface area contributed by atoms with E-state index >= 15 is 0 Å². The van der Waals surface area contributed by atoms with Gasteiger partial charge in [0.2, 0.25) is 0 Å². The topological polar surface area (TPSA) is 74.6 Å². The number of aromatic carboxylic acids is 1. The maximum atomic E-state index is 10.8. The van der Waals surface area contributed by atoms with Crippen LogP contribution >= 0.6 is 11.8 Å². The fraction of sp³-hybridized carbons (Fsp3) is 0.200. The van der Waals surface area contributed by atoms with Gasteiger partial charge < -0.3 is 10.2 Å². The van der Waals surface area contributed by atoms with Crippen LogP contribution in [0.3, 0.4) is 0 Å². The number of hydrogen-bond acceptors (Lipinski definition) is 3. The predicted molar refractivity (Wildman–Crippen MR) is 56.4 cm³/mol. The molecule has 0 saturated carbocycles. The molecule has 0 aliphatic rings. The number of carboxylic acid groups (broad SMARTS) is 2. The number of hydrogen-bond donors (Lipinski definition) is 2. The summed E-state index contributed by atoms with van der Waals surface area (Å²) in [7, 11) is 0. The zero-order valence-electron chi connectivity index (χ0n) is 7.84. The number of aliphatic carboxylic acids is 1. The lowest BCUT2D eigenvalue weighted by Crippen LogP contribution is -2.00. The van der Waals surface area contributed by atoms with Crippen molar-refractivity contribution in [2.45, 2.75) is 11.3 Å². The van der Waals surface area contributed by atoms with E-state index in [2.05, 4.69) is 0 Å². The number of carbonyl (C=O) groups is 2. The molecular weight excluding hydrogens is 216 g/mol. The van der Waals surface area contributed by atoms with E-state index in [4.69, 9.17) is 10.2 Å². The molecule has 0 spiro atoms. The van der Waals surface area contributed by atoms with Gasteiger partial charge in [-0.3, -0.25) is 4.79 Å². The summed E-state index contributed by atoms with van der Waals surface area (Å²) in [6, 6.07) is 6.56. The number of carboxylic acids is 2. The van der Waals surface area contributed by atoms with Crippen LogP contribution in [-0.2, 0) is 4.79 Å². The van der Waals surface area contributed by atoms with E-state index in [1.54, 1.807) is 18.2 Å². The maximum absolute atomic E-state index is 10.8. The highest BCUT2D eigenvalue weighted by Gasteiger charge is 2.09. The van der Waals surface area contributed by atoms with Crippen LogP contribution in [0, 0.1) is 0 Å². The molecule has 1 rings (SSSR count). The van der Waals surface area contributed by atoms with Crippen molar-refractivity contribution in [2.75, 3.05) is 5.75 Å². The first-order valence-electron chi connectivity index (χ1n) is 4.28. The van der Waals surface area contributed by atoms with Gasteiger partial charge in [0, 0.05) is 10.6 Å². The summed E-state index contributed by atoms with van der Waals surface area (Å²) < 4.78 is 0. The molecule has 0 unspecified atom stereocenters. The number of benzene rings is 1. The first kappa shape index (κ1) is 11.6. The van der Waals surface area contributed by atoms with Crippen LogP contribution in [0.5, 0.6) is 0 Å². The van der Waals surface area contributed by atoms with Crippen molar-refractivity contribution < 1.29 is 19.8 Å². The van der Waals surface area contributed by atoms with Gasteiger partial charge in [0.15, 0.2) is 0 Å². The Hall–Kier alpha value is -1.49. The van der Waals surface area contributed by atoms with Gasteiger partial charge in [-0.05, 0) is 12.1 Å². The van der Waals surface area contributed by atoms with E-state index in [1.165, 1.54) is 17.8 Å². The van der Waals surface area contributed by atoms with Crippen molar-refractivity contribution in [3.05, 3.63) is 29.8 Å². The van der Waals surface area contributed by atoms with Crippen molar-refractivity contribution in [3.8, 4) is 0 Å². The molecular formula is C10H10O4S. The van der Waals surface area contributed by atoms with Gasteiger partial charge >= 0.3 is 11.9 Å². The molecule has 1 aromatic carbocycles. The van der Waals surface area contributed by atoms with E-state index in [0.717, 1.165) is 0 Å². The summed E-state index contributed by atoms with van der Waals surface area (Å²) in [5.41, 5.74) is 0.216. The molecule has 80 valence electrons. The van der Waals surface area contributed by atoms with Crippen LogP contribution in [0.2, 0.25) is 0 Å². The average Bonchev–Trinajstić information content (AvgIpc) is 2.17. The van der Waals surface area contributed by atoms with Crippen LogP contribution in [0.15, 0.2) is 29.2 Å². The molecule has 15 heavy (non-hydrogen) atoms. The van der Waals surface area contributed by atoms with Crippen LogP contribution in [0.4, 0.5) is 0 Å². The number of rotatable bonds is 5. The standard InChI is InChI=1S/C10H10O4S/c11-9(12)5-6-15-8-4-2-1-3-7(8)10(13)14/h1-4H,5-6H2,(H,11,12)(H,13,14). The molecule has 0 fully saturated rings. The molecule has 2 N–H and O–H groups in total. The highest BCUT2D eigenvalue weighted by molar-refractivity contribution is 7.99. The summed E-state index contributed by atoms with van der Waals surface area (Å²) in [6.45, 7) is 0. The summed E-state index contributed by atoms with van der Waals surface area (Å²) >= 11 is 1.24. The maximum Gasteiger partial charge on any atom is 0.336 e. The van der Waals surface area contributed by atoms with Gasteiger partial charge in [-0.15, -0.1) is 11.8 Å². The Bertz CT molecular complexity index is 375. The second-order valence-corrected chi connectivity index (χ2v) is 3.93. The van der Waals surface area contributed by atoms with Crippen molar-refractivity contribution in [1.29, 1.82) is 0 Å². The zero-order valence-corrected chi connectivity index (χ0v) is 8.66. The van der Waals surface area contributed by atoms with E-state index in [-0.39, 0.29) is 12.0 Å². The fourth-order valence-electron chi connectivity index (χ4n) is 1.02. The second-order valence-electron chi connectivity index (χ2n) is 2.79. The molecule has 0 aliphatic heterocycles. The first-order valence-corrected chi connectivity index (χ1v) is 5.26. The van der Waals surface area contributed by atoms with Crippen LogP contribution < -0.4 is 0 Å². The number of thioether (sulfide) groups is 1. The predicted octanol–water partition coefficient (Wildman–Crippen LogP) is 1.95. The molecule has 0 aliphatic carbocycles. The SMILES string of the molecule is O=C(O)CCSc1ccccc1C(=O)O. The largest absolute Gasteiger partial charge is 0.481 e. The van der Waals surface area contributed by atoms with Gasteiger partial charge in [-0.25, -0.2) is 4.79 Å². The molecule has 5 heteroatoms. The molecule has 1 aromatic rings. The normalized spacial score (nSPS) is 9.87. The van der Waals surface area contributed by atoms with Gasteiger partial charge in [0.25, 0.3) is 0 Å². The van der Waals surface area contributed by atoms with Crippen LogP contribution in [0.25, 0.3) is 0 Å². The Morgan fingerprint density at radius 3 is 2.47 bits per heavy atom. The van der Waals surface area contributed by atoms with Gasteiger partial charge in [0.05, 0.1) is 12.0 Å². The second kappa shape index (κ2) is 5.41. The molecule has 0 saturated heterocycles. The zero-order chi connectivity index (χ0) is 11.3. The highest BCUT2D eigenvalue weighted by atomic mass is 32.2. The average molecular weight is 226 g/mol. The molecule has 4 nitrogen and oxygen atoms in total. The smallest absolute Gasteiger partial charge is 0.336 e. The molecule has 0 atom stereocenters.